The minimum Gasteiger partial charge on any atom is -0.477 e. The quantitative estimate of drug-likeness (QED) is 0.827. The summed E-state index contributed by atoms with van der Waals surface area (Å²) in [4.78, 5) is 11.3. The summed E-state index contributed by atoms with van der Waals surface area (Å²) in [6.45, 7) is 0.690. The zero-order valence-electron chi connectivity index (χ0n) is 8.53. The maximum absolute atomic E-state index is 10.9. The van der Waals surface area contributed by atoms with Crippen LogP contribution in [0.1, 0.15) is 40.9 Å². The second-order valence-electron chi connectivity index (χ2n) is 3.94. The fourth-order valence-electron chi connectivity index (χ4n) is 2.05. The highest BCUT2D eigenvalue weighted by Gasteiger charge is 2.16. The molecule has 0 aromatic carbocycles. The molecule has 1 aromatic rings. The molecule has 1 aromatic heterocycles. The van der Waals surface area contributed by atoms with Crippen molar-refractivity contribution in [3.8, 4) is 0 Å². The van der Waals surface area contributed by atoms with Gasteiger partial charge in [-0.3, -0.25) is 0 Å². The van der Waals surface area contributed by atoms with E-state index in [1.165, 1.54) is 37.0 Å². The van der Waals surface area contributed by atoms with Crippen LogP contribution in [0, 0.1) is 0 Å². The smallest absolute Gasteiger partial charge is 0.346 e. The third kappa shape index (κ3) is 2.58. The predicted octanol–water partition coefficient (Wildman–Crippen LogP) is 2.48. The molecule has 0 saturated heterocycles. The lowest BCUT2D eigenvalue weighted by molar-refractivity contribution is 0.0701. The average molecular weight is 225 g/mol. The number of carboxylic acid groups (broad SMARTS) is 1. The lowest BCUT2D eigenvalue weighted by Gasteiger charge is -2.11. The first kappa shape index (κ1) is 10.6. The summed E-state index contributed by atoms with van der Waals surface area (Å²) >= 11 is 1.30. The average Bonchev–Trinajstić information content (AvgIpc) is 2.86. The summed E-state index contributed by atoms with van der Waals surface area (Å²) in [5.41, 5.74) is 0.916. The SMILES string of the molecule is O=C(O)c1sccc1CNC1CCCC1. The van der Waals surface area contributed by atoms with Crippen molar-refractivity contribution in [3.63, 3.8) is 0 Å². The zero-order chi connectivity index (χ0) is 10.7. The molecule has 3 nitrogen and oxygen atoms in total. The summed E-state index contributed by atoms with van der Waals surface area (Å²) in [7, 11) is 0. The molecule has 15 heavy (non-hydrogen) atoms. The van der Waals surface area contributed by atoms with Gasteiger partial charge in [0.2, 0.25) is 0 Å². The molecule has 1 aliphatic rings. The molecule has 0 spiro atoms. The van der Waals surface area contributed by atoms with Gasteiger partial charge in [-0.2, -0.15) is 0 Å². The summed E-state index contributed by atoms with van der Waals surface area (Å²) in [5.74, 6) is -0.812. The van der Waals surface area contributed by atoms with E-state index in [0.717, 1.165) is 5.56 Å². The van der Waals surface area contributed by atoms with Crippen LogP contribution in [-0.2, 0) is 6.54 Å². The number of rotatable bonds is 4. The fraction of sp³-hybridized carbons (Fsp3) is 0.545. The number of hydrogen-bond acceptors (Lipinski definition) is 3. The molecule has 1 heterocycles. The van der Waals surface area contributed by atoms with Gasteiger partial charge in [-0.15, -0.1) is 11.3 Å². The largest absolute Gasteiger partial charge is 0.477 e. The van der Waals surface area contributed by atoms with Crippen LogP contribution in [0.2, 0.25) is 0 Å². The van der Waals surface area contributed by atoms with Crippen LogP contribution in [0.4, 0.5) is 0 Å². The highest BCUT2D eigenvalue weighted by atomic mass is 32.1. The third-order valence-corrected chi connectivity index (χ3v) is 3.82. The van der Waals surface area contributed by atoms with Gasteiger partial charge in [0.15, 0.2) is 0 Å². The van der Waals surface area contributed by atoms with Gasteiger partial charge in [0.1, 0.15) is 4.88 Å². The molecule has 2 rings (SSSR count). The van der Waals surface area contributed by atoms with E-state index in [2.05, 4.69) is 5.32 Å². The molecule has 0 unspecified atom stereocenters. The molecule has 1 saturated carbocycles. The predicted molar refractivity (Wildman–Crippen MR) is 60.4 cm³/mol. The summed E-state index contributed by atoms with van der Waals surface area (Å²) < 4.78 is 0. The van der Waals surface area contributed by atoms with Crippen LogP contribution in [0.25, 0.3) is 0 Å². The first-order valence-corrected chi connectivity index (χ1v) is 6.18. The fourth-order valence-corrected chi connectivity index (χ4v) is 2.81. The Balaban J connectivity index is 1.92. The van der Waals surface area contributed by atoms with Crippen molar-refractivity contribution in [3.05, 3.63) is 21.9 Å². The second kappa shape index (κ2) is 4.77. The van der Waals surface area contributed by atoms with Crippen molar-refractivity contribution in [1.82, 2.24) is 5.32 Å². The maximum Gasteiger partial charge on any atom is 0.346 e. The van der Waals surface area contributed by atoms with Gasteiger partial charge in [0.05, 0.1) is 0 Å². The minimum absolute atomic E-state index is 0.473. The van der Waals surface area contributed by atoms with E-state index in [0.29, 0.717) is 17.5 Å². The molecule has 0 radical (unpaired) electrons. The van der Waals surface area contributed by atoms with Crippen LogP contribution >= 0.6 is 11.3 Å². The van der Waals surface area contributed by atoms with E-state index >= 15 is 0 Å². The Kier molecular flexibility index (Phi) is 3.38. The van der Waals surface area contributed by atoms with Crippen LogP contribution in [-0.4, -0.2) is 17.1 Å². The van der Waals surface area contributed by atoms with Gasteiger partial charge >= 0.3 is 5.97 Å². The molecule has 82 valence electrons. The Morgan fingerprint density at radius 1 is 1.53 bits per heavy atom. The molecule has 0 bridgehead atoms. The van der Waals surface area contributed by atoms with Crippen LogP contribution < -0.4 is 5.32 Å². The number of carboxylic acids is 1. The number of thiophene rings is 1. The first-order chi connectivity index (χ1) is 7.27. The molecule has 1 aliphatic carbocycles. The van der Waals surface area contributed by atoms with Gasteiger partial charge < -0.3 is 10.4 Å². The van der Waals surface area contributed by atoms with E-state index in [1.54, 1.807) is 0 Å². The van der Waals surface area contributed by atoms with Gasteiger partial charge in [0, 0.05) is 12.6 Å². The normalized spacial score (nSPS) is 17.1. The van der Waals surface area contributed by atoms with Gasteiger partial charge in [-0.1, -0.05) is 12.8 Å². The number of carbonyl (C=O) groups is 1. The zero-order valence-corrected chi connectivity index (χ0v) is 9.35. The number of aromatic carboxylic acids is 1. The van der Waals surface area contributed by atoms with E-state index < -0.39 is 5.97 Å². The lowest BCUT2D eigenvalue weighted by atomic mass is 10.2. The molecule has 0 amide bonds. The van der Waals surface area contributed by atoms with Crippen molar-refractivity contribution in [2.24, 2.45) is 0 Å². The van der Waals surface area contributed by atoms with E-state index in [9.17, 15) is 4.79 Å². The third-order valence-electron chi connectivity index (χ3n) is 2.88. The number of nitrogens with one attached hydrogen (secondary N) is 1. The summed E-state index contributed by atoms with van der Waals surface area (Å²) in [5, 5.41) is 14.2. The number of hydrogen-bond donors (Lipinski definition) is 2. The standard InChI is InChI=1S/C11H15NO2S/c13-11(14)10-8(5-6-15-10)7-12-9-3-1-2-4-9/h5-6,9,12H,1-4,7H2,(H,13,14). The highest BCUT2D eigenvalue weighted by Crippen LogP contribution is 2.20. The Morgan fingerprint density at radius 2 is 2.27 bits per heavy atom. The van der Waals surface area contributed by atoms with Gasteiger partial charge in [-0.05, 0) is 29.9 Å². The second-order valence-corrected chi connectivity index (χ2v) is 4.86. The Labute approximate surface area is 93.1 Å². The Morgan fingerprint density at radius 3 is 2.93 bits per heavy atom. The first-order valence-electron chi connectivity index (χ1n) is 5.30. The van der Waals surface area contributed by atoms with Gasteiger partial charge in [-0.25, -0.2) is 4.79 Å². The van der Waals surface area contributed by atoms with Crippen molar-refractivity contribution in [2.75, 3.05) is 0 Å². The van der Waals surface area contributed by atoms with Crippen LogP contribution in [0.3, 0.4) is 0 Å². The van der Waals surface area contributed by atoms with E-state index in [1.807, 2.05) is 11.4 Å². The maximum atomic E-state index is 10.9. The van der Waals surface area contributed by atoms with Crippen LogP contribution in [0.5, 0.6) is 0 Å². The van der Waals surface area contributed by atoms with Crippen LogP contribution in [0.15, 0.2) is 11.4 Å². The Hall–Kier alpha value is -0.870. The van der Waals surface area contributed by atoms with Crippen molar-refractivity contribution in [2.45, 2.75) is 38.3 Å². The molecular weight excluding hydrogens is 210 g/mol. The van der Waals surface area contributed by atoms with E-state index in [-0.39, 0.29) is 0 Å². The van der Waals surface area contributed by atoms with Crippen molar-refractivity contribution in [1.29, 1.82) is 0 Å². The molecule has 4 heteroatoms. The van der Waals surface area contributed by atoms with Crippen molar-refractivity contribution >= 4 is 17.3 Å². The van der Waals surface area contributed by atoms with Gasteiger partial charge in [0.25, 0.3) is 0 Å². The molecule has 0 aliphatic heterocycles. The lowest BCUT2D eigenvalue weighted by Crippen LogP contribution is -2.25. The van der Waals surface area contributed by atoms with Crippen molar-refractivity contribution < 1.29 is 9.90 Å². The summed E-state index contributed by atoms with van der Waals surface area (Å²) in [6.07, 6.45) is 5.05. The molecule has 0 atom stereocenters. The van der Waals surface area contributed by atoms with E-state index in [4.69, 9.17) is 5.11 Å². The minimum atomic E-state index is -0.812. The topological polar surface area (TPSA) is 49.3 Å². The summed E-state index contributed by atoms with van der Waals surface area (Å²) in [6, 6.07) is 2.49. The molecule has 1 fully saturated rings. The monoisotopic (exact) mass is 225 g/mol. The highest BCUT2D eigenvalue weighted by molar-refractivity contribution is 7.12. The Bertz CT molecular complexity index is 342. The molecular formula is C11H15NO2S. The molecule has 2 N–H and O–H groups in total.